The quantitative estimate of drug-likeness (QED) is 0.698. The van der Waals surface area contributed by atoms with E-state index in [9.17, 15) is 9.59 Å². The molecule has 0 aromatic heterocycles. The summed E-state index contributed by atoms with van der Waals surface area (Å²) in [5.41, 5.74) is 0. The van der Waals surface area contributed by atoms with Gasteiger partial charge in [-0.25, -0.2) is 9.59 Å². The lowest BCUT2D eigenvalue weighted by Crippen LogP contribution is -2.56. The first-order chi connectivity index (χ1) is 9.09. The van der Waals surface area contributed by atoms with Crippen LogP contribution in [0.2, 0.25) is 0 Å². The van der Waals surface area contributed by atoms with Crippen LogP contribution in [0.15, 0.2) is 0 Å². The van der Waals surface area contributed by atoms with Crippen molar-refractivity contribution in [3.8, 4) is 0 Å². The number of carbonyl (C=O) groups excluding carboxylic acids is 1. The number of rotatable bonds is 1. The van der Waals surface area contributed by atoms with Crippen molar-refractivity contribution in [3.05, 3.63) is 0 Å². The van der Waals surface area contributed by atoms with Crippen LogP contribution in [0.25, 0.3) is 0 Å². The molecule has 0 aromatic carbocycles. The molecule has 1 N–H and O–H groups in total. The molecule has 0 bridgehead atoms. The third-order valence-corrected chi connectivity index (χ3v) is 3.65. The lowest BCUT2D eigenvalue weighted by molar-refractivity contribution is -0.147. The zero-order chi connectivity index (χ0) is 13.8. The molecule has 0 aliphatic carbocycles. The predicted molar refractivity (Wildman–Crippen MR) is 68.0 cm³/mol. The summed E-state index contributed by atoms with van der Waals surface area (Å²) in [7, 11) is 2.03. The summed E-state index contributed by atoms with van der Waals surface area (Å²) in [4.78, 5) is 29.0. The summed E-state index contributed by atoms with van der Waals surface area (Å²) >= 11 is 0. The highest BCUT2D eigenvalue weighted by atomic mass is 16.5. The highest BCUT2D eigenvalue weighted by molar-refractivity contribution is 5.83. The fourth-order valence-corrected chi connectivity index (χ4v) is 2.46. The Morgan fingerprint density at radius 3 is 2.68 bits per heavy atom. The number of ether oxygens (including phenoxy) is 1. The topological polar surface area (TPSA) is 73.3 Å². The number of aliphatic carboxylic acids is 1. The molecule has 0 aromatic rings. The Bertz CT molecular complexity index is 350. The van der Waals surface area contributed by atoms with Gasteiger partial charge in [0.1, 0.15) is 0 Å². The second-order valence-electron chi connectivity index (χ2n) is 5.05. The van der Waals surface area contributed by atoms with Gasteiger partial charge in [0.2, 0.25) is 0 Å². The number of hydrogen-bond donors (Lipinski definition) is 1. The van der Waals surface area contributed by atoms with E-state index in [-0.39, 0.29) is 12.6 Å². The molecule has 0 radical (unpaired) electrons. The van der Waals surface area contributed by atoms with E-state index in [0.29, 0.717) is 26.2 Å². The van der Waals surface area contributed by atoms with Crippen molar-refractivity contribution in [1.82, 2.24) is 14.7 Å². The number of morpholine rings is 1. The van der Waals surface area contributed by atoms with Crippen molar-refractivity contribution in [2.24, 2.45) is 0 Å². The number of amides is 2. The van der Waals surface area contributed by atoms with Crippen molar-refractivity contribution in [2.45, 2.75) is 12.5 Å². The first kappa shape index (κ1) is 14.1. The number of hydrogen-bond acceptors (Lipinski definition) is 4. The zero-order valence-electron chi connectivity index (χ0n) is 11.2. The van der Waals surface area contributed by atoms with Gasteiger partial charge in [-0.05, 0) is 20.0 Å². The smallest absolute Gasteiger partial charge is 0.328 e. The molecule has 7 heteroatoms. The maximum absolute atomic E-state index is 12.4. The fraction of sp³-hybridized carbons (Fsp3) is 0.833. The van der Waals surface area contributed by atoms with E-state index in [0.717, 1.165) is 19.5 Å². The van der Waals surface area contributed by atoms with Gasteiger partial charge in [-0.2, -0.15) is 0 Å². The van der Waals surface area contributed by atoms with E-state index < -0.39 is 12.0 Å². The molecule has 2 rings (SSSR count). The Balaban J connectivity index is 2.02. The van der Waals surface area contributed by atoms with Gasteiger partial charge in [0.15, 0.2) is 6.04 Å². The number of carboxylic acids is 1. The minimum Gasteiger partial charge on any atom is -0.480 e. The maximum Gasteiger partial charge on any atom is 0.328 e. The standard InChI is InChI=1S/C12H21N3O4/c1-13-3-2-4-14(6-5-13)12(18)15-7-8-19-9-10(15)11(16)17/h10H,2-9H2,1H3,(H,16,17). The Morgan fingerprint density at radius 1 is 1.16 bits per heavy atom. The van der Waals surface area contributed by atoms with Crippen molar-refractivity contribution in [3.63, 3.8) is 0 Å². The Hall–Kier alpha value is -1.34. The Kier molecular flexibility index (Phi) is 4.60. The van der Waals surface area contributed by atoms with Gasteiger partial charge < -0.3 is 24.5 Å². The molecule has 2 amide bonds. The average molecular weight is 271 g/mol. The van der Waals surface area contributed by atoms with E-state index in [1.165, 1.54) is 4.90 Å². The zero-order valence-corrected chi connectivity index (χ0v) is 11.2. The molecule has 2 saturated heterocycles. The monoisotopic (exact) mass is 271 g/mol. The molecule has 19 heavy (non-hydrogen) atoms. The third-order valence-electron chi connectivity index (χ3n) is 3.65. The predicted octanol–water partition coefficient (Wildman–Crippen LogP) is -0.471. The van der Waals surface area contributed by atoms with Gasteiger partial charge in [0.05, 0.1) is 13.2 Å². The minimum atomic E-state index is -1.00. The van der Waals surface area contributed by atoms with Crippen LogP contribution in [0.3, 0.4) is 0 Å². The van der Waals surface area contributed by atoms with Gasteiger partial charge in [0, 0.05) is 26.2 Å². The Labute approximate surface area is 112 Å². The molecule has 7 nitrogen and oxygen atoms in total. The van der Waals surface area contributed by atoms with Crippen molar-refractivity contribution >= 4 is 12.0 Å². The van der Waals surface area contributed by atoms with Crippen LogP contribution in [0.4, 0.5) is 4.79 Å². The summed E-state index contributed by atoms with van der Waals surface area (Å²) in [6.07, 6.45) is 0.921. The molecule has 1 unspecified atom stereocenters. The van der Waals surface area contributed by atoms with Crippen LogP contribution in [0.5, 0.6) is 0 Å². The van der Waals surface area contributed by atoms with E-state index in [1.54, 1.807) is 4.90 Å². The highest BCUT2D eigenvalue weighted by Gasteiger charge is 2.35. The highest BCUT2D eigenvalue weighted by Crippen LogP contribution is 2.12. The average Bonchev–Trinajstić information content (AvgIpc) is 2.62. The summed E-state index contributed by atoms with van der Waals surface area (Å²) in [6.45, 7) is 3.97. The van der Waals surface area contributed by atoms with Crippen LogP contribution >= 0.6 is 0 Å². The molecular weight excluding hydrogens is 250 g/mol. The van der Waals surface area contributed by atoms with Crippen molar-refractivity contribution < 1.29 is 19.4 Å². The van der Waals surface area contributed by atoms with Crippen LogP contribution in [0, 0.1) is 0 Å². The first-order valence-electron chi connectivity index (χ1n) is 6.64. The lowest BCUT2D eigenvalue weighted by atomic mass is 10.2. The minimum absolute atomic E-state index is 0.0782. The van der Waals surface area contributed by atoms with E-state index in [1.807, 2.05) is 7.05 Å². The number of urea groups is 1. The normalized spacial score (nSPS) is 26.1. The van der Waals surface area contributed by atoms with E-state index >= 15 is 0 Å². The van der Waals surface area contributed by atoms with Crippen molar-refractivity contribution in [1.29, 1.82) is 0 Å². The van der Waals surface area contributed by atoms with E-state index in [4.69, 9.17) is 9.84 Å². The molecule has 108 valence electrons. The van der Waals surface area contributed by atoms with Crippen LogP contribution in [-0.4, -0.2) is 90.8 Å². The summed E-state index contributed by atoms with van der Waals surface area (Å²) in [5.74, 6) is -1.00. The second-order valence-corrected chi connectivity index (χ2v) is 5.05. The molecule has 0 saturated carbocycles. The van der Waals surface area contributed by atoms with E-state index in [2.05, 4.69) is 4.90 Å². The lowest BCUT2D eigenvalue weighted by Gasteiger charge is -2.36. The second kappa shape index (κ2) is 6.21. The van der Waals surface area contributed by atoms with Crippen LogP contribution < -0.4 is 0 Å². The van der Waals surface area contributed by atoms with Gasteiger partial charge in [-0.15, -0.1) is 0 Å². The van der Waals surface area contributed by atoms with Crippen LogP contribution in [0.1, 0.15) is 6.42 Å². The van der Waals surface area contributed by atoms with Gasteiger partial charge in [-0.3, -0.25) is 0 Å². The molecule has 2 fully saturated rings. The molecular formula is C12H21N3O4. The largest absolute Gasteiger partial charge is 0.480 e. The molecule has 1 atom stereocenters. The maximum atomic E-state index is 12.4. The molecule has 0 spiro atoms. The number of likely N-dealkylation sites (N-methyl/N-ethyl adjacent to an activating group) is 1. The van der Waals surface area contributed by atoms with Gasteiger partial charge in [-0.1, -0.05) is 0 Å². The SMILES string of the molecule is CN1CCCN(C(=O)N2CCOCC2C(=O)O)CC1. The summed E-state index contributed by atoms with van der Waals surface area (Å²) in [6, 6.07) is -1.03. The van der Waals surface area contributed by atoms with Gasteiger partial charge in [0.25, 0.3) is 0 Å². The van der Waals surface area contributed by atoms with Crippen molar-refractivity contribution in [2.75, 3.05) is 53.0 Å². The van der Waals surface area contributed by atoms with Gasteiger partial charge >= 0.3 is 12.0 Å². The number of nitrogens with zero attached hydrogens (tertiary/aromatic N) is 3. The number of carbonyl (C=O) groups is 2. The molecule has 2 aliphatic rings. The summed E-state index contributed by atoms with van der Waals surface area (Å²) in [5, 5.41) is 9.15. The van der Waals surface area contributed by atoms with Crippen LogP contribution in [-0.2, 0) is 9.53 Å². The fourth-order valence-electron chi connectivity index (χ4n) is 2.46. The summed E-state index contributed by atoms with van der Waals surface area (Å²) < 4.78 is 5.15. The first-order valence-corrected chi connectivity index (χ1v) is 6.64. The Morgan fingerprint density at radius 2 is 1.95 bits per heavy atom. The third kappa shape index (κ3) is 3.36. The molecule has 2 heterocycles. The number of carboxylic acid groups (broad SMARTS) is 1. The molecule has 2 aliphatic heterocycles.